The second-order valence-corrected chi connectivity index (χ2v) is 17.1. The van der Waals surface area contributed by atoms with E-state index in [2.05, 4.69) is 60.2 Å². The second kappa shape index (κ2) is 28.9. The first-order chi connectivity index (χ1) is 30.1. The lowest BCUT2D eigenvalue weighted by atomic mass is 9.99. The molecule has 0 aromatic carbocycles. The maximum Gasteiger partial charge on any atom is 0.326 e. The number of hydrogen-bond donors (Lipinski definition) is 15. The molecular formula is C39H70N12O13S. The molecule has 0 spiro atoms. The third-order valence-corrected chi connectivity index (χ3v) is 9.97. The van der Waals surface area contributed by atoms with Gasteiger partial charge in [0.05, 0.1) is 19.1 Å². The van der Waals surface area contributed by atoms with Crippen LogP contribution < -0.4 is 59.7 Å². The van der Waals surface area contributed by atoms with E-state index >= 15 is 0 Å². The van der Waals surface area contributed by atoms with Gasteiger partial charge in [0.25, 0.3) is 0 Å². The van der Waals surface area contributed by atoms with E-state index in [1.54, 1.807) is 41.5 Å². The molecular weight excluding hydrogens is 877 g/mol. The lowest BCUT2D eigenvalue weighted by molar-refractivity contribution is -0.144. The summed E-state index contributed by atoms with van der Waals surface area (Å²) in [6.45, 7) is 12.9. The van der Waals surface area contributed by atoms with Gasteiger partial charge in [-0.25, -0.2) is 4.79 Å². The summed E-state index contributed by atoms with van der Waals surface area (Å²) in [5.41, 5.74) is 16.4. The molecule has 0 radical (unpaired) electrons. The molecule has 0 saturated carbocycles. The number of thiol groups is 1. The summed E-state index contributed by atoms with van der Waals surface area (Å²) in [5, 5.41) is 48.5. The van der Waals surface area contributed by atoms with Crippen LogP contribution in [0.5, 0.6) is 0 Å². The number of carbonyl (C=O) groups excluding carboxylic acids is 8. The van der Waals surface area contributed by atoms with Gasteiger partial charge in [-0.15, -0.1) is 0 Å². The molecule has 0 aliphatic heterocycles. The molecule has 0 heterocycles. The van der Waals surface area contributed by atoms with Crippen LogP contribution in [-0.4, -0.2) is 154 Å². The molecule has 25 nitrogen and oxygen atoms in total. The number of aliphatic hydroxyl groups is 1. The quantitative estimate of drug-likeness (QED) is 0.0145. The molecule has 17 N–H and O–H groups in total. The van der Waals surface area contributed by atoms with E-state index in [4.69, 9.17) is 17.2 Å². The number of carbonyl (C=O) groups is 10. The Morgan fingerprint density at radius 2 is 0.862 bits per heavy atom. The van der Waals surface area contributed by atoms with Gasteiger partial charge in [-0.05, 0) is 43.4 Å². The van der Waals surface area contributed by atoms with Crippen LogP contribution >= 0.6 is 12.6 Å². The number of aliphatic carboxylic acids is 2. The van der Waals surface area contributed by atoms with E-state index in [9.17, 15) is 63.3 Å². The highest BCUT2D eigenvalue weighted by molar-refractivity contribution is 7.80. The average molecular weight is 947 g/mol. The number of nitrogens with two attached hydrogens (primary N) is 3. The summed E-state index contributed by atoms with van der Waals surface area (Å²) >= 11 is 4.02. The van der Waals surface area contributed by atoms with Crippen LogP contribution in [-0.2, 0) is 47.9 Å². The Kier molecular flexibility index (Phi) is 26.4. The number of aliphatic imine (C=N–C) groups is 1. The maximum absolute atomic E-state index is 13.8. The van der Waals surface area contributed by atoms with Gasteiger partial charge >= 0.3 is 11.9 Å². The van der Waals surface area contributed by atoms with E-state index in [0.717, 1.165) is 0 Å². The number of rotatable bonds is 29. The van der Waals surface area contributed by atoms with Crippen LogP contribution in [0.15, 0.2) is 4.99 Å². The zero-order valence-electron chi connectivity index (χ0n) is 38.3. The highest BCUT2D eigenvalue weighted by atomic mass is 32.1. The van der Waals surface area contributed by atoms with E-state index < -0.39 is 150 Å². The first-order valence-electron chi connectivity index (χ1n) is 21.0. The van der Waals surface area contributed by atoms with E-state index in [0.29, 0.717) is 0 Å². The molecule has 9 atom stereocenters. The number of nitrogens with zero attached hydrogens (tertiary/aromatic N) is 1. The Balaban J connectivity index is 6.33. The number of carboxylic acid groups (broad SMARTS) is 2. The van der Waals surface area contributed by atoms with Crippen LogP contribution in [0.3, 0.4) is 0 Å². The Bertz CT molecular complexity index is 1710. The summed E-state index contributed by atoms with van der Waals surface area (Å²) in [6.07, 6.45) is -0.860. The maximum atomic E-state index is 13.8. The fourth-order valence-electron chi connectivity index (χ4n) is 5.77. The van der Waals surface area contributed by atoms with Crippen molar-refractivity contribution in [3.05, 3.63) is 0 Å². The van der Waals surface area contributed by atoms with Gasteiger partial charge in [0, 0.05) is 12.3 Å². The molecule has 8 amide bonds. The molecule has 26 heteroatoms. The highest BCUT2D eigenvalue weighted by Gasteiger charge is 2.37. The van der Waals surface area contributed by atoms with Crippen molar-refractivity contribution in [3.8, 4) is 0 Å². The number of amides is 8. The van der Waals surface area contributed by atoms with Gasteiger partial charge in [-0.2, -0.15) is 12.6 Å². The number of carboxylic acids is 2. The molecule has 0 fully saturated rings. The molecule has 370 valence electrons. The lowest BCUT2D eigenvalue weighted by Gasteiger charge is -2.30. The minimum atomic E-state index is -1.76. The summed E-state index contributed by atoms with van der Waals surface area (Å²) in [4.78, 5) is 134. The first-order valence-corrected chi connectivity index (χ1v) is 21.6. The molecule has 0 aromatic rings. The largest absolute Gasteiger partial charge is 0.481 e. The molecule has 65 heavy (non-hydrogen) atoms. The monoisotopic (exact) mass is 946 g/mol. The van der Waals surface area contributed by atoms with Gasteiger partial charge in [-0.1, -0.05) is 55.4 Å². The Morgan fingerprint density at radius 1 is 0.508 bits per heavy atom. The Morgan fingerprint density at radius 3 is 1.23 bits per heavy atom. The van der Waals surface area contributed by atoms with Crippen molar-refractivity contribution in [2.24, 2.45) is 45.9 Å². The summed E-state index contributed by atoms with van der Waals surface area (Å²) < 4.78 is 0. The minimum Gasteiger partial charge on any atom is -0.481 e. The average Bonchev–Trinajstić information content (AvgIpc) is 3.20. The van der Waals surface area contributed by atoms with Crippen molar-refractivity contribution in [2.75, 3.05) is 18.9 Å². The fraction of sp³-hybridized carbons (Fsp3) is 0.718. The van der Waals surface area contributed by atoms with Crippen molar-refractivity contribution < 1.29 is 63.3 Å². The van der Waals surface area contributed by atoms with Crippen molar-refractivity contribution >= 4 is 77.8 Å². The molecule has 0 aromatic heterocycles. The number of aliphatic hydroxyl groups excluding tert-OH is 1. The minimum absolute atomic E-state index is 0.0461. The zero-order valence-corrected chi connectivity index (χ0v) is 39.2. The van der Waals surface area contributed by atoms with Gasteiger partial charge in [0.1, 0.15) is 48.3 Å². The van der Waals surface area contributed by atoms with Gasteiger partial charge in [-0.3, -0.25) is 48.1 Å². The molecule has 0 bridgehead atoms. The van der Waals surface area contributed by atoms with E-state index in [1.807, 2.05) is 0 Å². The predicted octanol–water partition coefficient (Wildman–Crippen LogP) is -4.63. The molecule has 0 unspecified atom stereocenters. The normalized spacial score (nSPS) is 15.4. The van der Waals surface area contributed by atoms with Gasteiger partial charge in [0.15, 0.2) is 5.96 Å². The van der Waals surface area contributed by atoms with Gasteiger partial charge < -0.3 is 75.1 Å². The SMILES string of the molecule is CC(C)[C@H](NC(=O)[C@@H](NC(=O)[C@H](CCCN=C(N)N)NC(=O)[C@@H](NC(=O)[C@H](CO)NC(=O)[C@@H](NC(=O)[C@H](CC(=O)O)NC(=O)[C@H](CS)NC(=O)[C@H](C)N)C(C)C)C(C)C)C(C)C)C(=O)O. The zero-order chi connectivity index (χ0) is 50.5. The smallest absolute Gasteiger partial charge is 0.326 e. The Labute approximate surface area is 383 Å². The molecule has 0 rings (SSSR count). The van der Waals surface area contributed by atoms with Crippen molar-refractivity contribution in [3.63, 3.8) is 0 Å². The third kappa shape index (κ3) is 21.2. The topological polar surface area (TPSA) is 418 Å². The van der Waals surface area contributed by atoms with Crippen LogP contribution in [0.25, 0.3) is 0 Å². The molecule has 0 saturated heterocycles. The first kappa shape index (κ1) is 59.2. The van der Waals surface area contributed by atoms with Crippen LogP contribution in [0.2, 0.25) is 0 Å². The highest BCUT2D eigenvalue weighted by Crippen LogP contribution is 2.11. The lowest BCUT2D eigenvalue weighted by Crippen LogP contribution is -2.62. The fourth-order valence-corrected chi connectivity index (χ4v) is 6.02. The number of guanidine groups is 1. The van der Waals surface area contributed by atoms with Crippen LogP contribution in [0.4, 0.5) is 0 Å². The van der Waals surface area contributed by atoms with Crippen molar-refractivity contribution in [1.29, 1.82) is 0 Å². The number of hydrogen-bond acceptors (Lipinski definition) is 14. The molecule has 0 aliphatic rings. The van der Waals surface area contributed by atoms with Crippen molar-refractivity contribution in [2.45, 2.75) is 136 Å². The molecule has 0 aliphatic carbocycles. The van der Waals surface area contributed by atoms with Crippen LogP contribution in [0, 0.1) is 23.7 Å². The number of nitrogens with one attached hydrogen (secondary N) is 8. The standard InChI is InChI=1S/C39H70N12O13S/c1-16(2)26(35(60)44-21(11-10-12-43-39(41)42)31(56)48-28(18(5)6)37(62)51-29(19(7)8)38(63)64)50-33(58)23(14-52)46-36(61)27(17(3)4)49-32(57)22(13-25(53)54)45-34(59)24(15-65)47-30(55)20(9)40/h16-24,26-29,52,65H,10-15,40H2,1-9H3,(H,44,60)(H,45,59)(H,46,61)(H,47,55)(H,48,56)(H,49,57)(H,50,58)(H,51,62)(H,53,54)(H,63,64)(H4,41,42,43)/t20-,21-,22-,23-,24-,26-,27-,28-,29-/m0/s1. The van der Waals surface area contributed by atoms with Gasteiger partial charge in [0.2, 0.25) is 47.3 Å². The Hall–Kier alpha value is -5.76. The van der Waals surface area contributed by atoms with Crippen molar-refractivity contribution in [1.82, 2.24) is 42.5 Å². The summed E-state index contributed by atoms with van der Waals surface area (Å²) in [7, 11) is 0. The van der Waals surface area contributed by atoms with E-state index in [-0.39, 0.29) is 31.1 Å². The van der Waals surface area contributed by atoms with Crippen LogP contribution in [0.1, 0.15) is 81.6 Å². The second-order valence-electron chi connectivity index (χ2n) is 16.7. The summed E-state index contributed by atoms with van der Waals surface area (Å²) in [6, 6.07) is -12.5. The predicted molar refractivity (Wildman–Crippen MR) is 239 cm³/mol. The van der Waals surface area contributed by atoms with E-state index in [1.165, 1.54) is 20.8 Å². The summed E-state index contributed by atoms with van der Waals surface area (Å²) in [5.74, 6) is -13.1. The third-order valence-electron chi connectivity index (χ3n) is 9.61.